The predicted octanol–water partition coefficient (Wildman–Crippen LogP) is 6.39. The lowest BCUT2D eigenvalue weighted by Crippen LogP contribution is -2.04. The average Bonchev–Trinajstić information content (AvgIpc) is 3.41. The number of allylic oxidation sites excluding steroid dienone is 1. The Labute approximate surface area is 177 Å². The third kappa shape index (κ3) is 4.71. The van der Waals surface area contributed by atoms with E-state index in [1.807, 2.05) is 54.6 Å². The summed E-state index contributed by atoms with van der Waals surface area (Å²) in [5.74, 6) is 2.71. The van der Waals surface area contributed by atoms with Gasteiger partial charge in [-0.25, -0.2) is 4.98 Å². The Morgan fingerprint density at radius 1 is 0.967 bits per heavy atom. The molecule has 0 bridgehead atoms. The molecule has 0 aliphatic heterocycles. The minimum absolute atomic E-state index is 0.693. The van der Waals surface area contributed by atoms with Crippen LogP contribution < -0.4 is 4.74 Å². The number of rotatable bonds is 10. The van der Waals surface area contributed by atoms with Crippen molar-refractivity contribution in [2.75, 3.05) is 6.61 Å². The molecule has 0 saturated carbocycles. The zero-order valence-electron chi connectivity index (χ0n) is 17.0. The second-order valence-corrected chi connectivity index (χ2v) is 7.12. The number of unbranched alkanes of at least 4 members (excludes halogenated alkanes) is 1. The SMILES string of the molecule is C=CCc1ccccc1OCCCCn1c(/C=C/c2ccco2)nc2ccccc21. The fraction of sp³-hybridized carbons (Fsp3) is 0.192. The molecular formula is C26H26N2O2. The second-order valence-electron chi connectivity index (χ2n) is 7.12. The largest absolute Gasteiger partial charge is 0.493 e. The number of hydrogen-bond acceptors (Lipinski definition) is 3. The molecule has 4 aromatic rings. The summed E-state index contributed by atoms with van der Waals surface area (Å²) in [5.41, 5.74) is 3.33. The fourth-order valence-electron chi connectivity index (χ4n) is 3.52. The van der Waals surface area contributed by atoms with E-state index >= 15 is 0 Å². The fourth-order valence-corrected chi connectivity index (χ4v) is 3.52. The summed E-state index contributed by atoms with van der Waals surface area (Å²) in [6.45, 7) is 5.40. The standard InChI is InChI=1S/C26H26N2O2/c1-2-10-21-11-3-6-15-25(21)30-19-8-7-18-28-24-14-5-4-13-23(24)27-26(28)17-16-22-12-9-20-29-22/h2-6,9,11-17,20H,1,7-8,10,18-19H2/b17-16+. The maximum absolute atomic E-state index is 6.02. The predicted molar refractivity (Wildman–Crippen MR) is 122 cm³/mol. The van der Waals surface area contributed by atoms with E-state index < -0.39 is 0 Å². The van der Waals surface area contributed by atoms with E-state index in [4.69, 9.17) is 14.1 Å². The first-order chi connectivity index (χ1) is 14.8. The Balaban J connectivity index is 1.40. The second kappa shape index (κ2) is 9.79. The molecule has 0 fully saturated rings. The van der Waals surface area contributed by atoms with E-state index in [2.05, 4.69) is 35.4 Å². The van der Waals surface area contributed by atoms with Gasteiger partial charge in [0.05, 0.1) is 23.9 Å². The van der Waals surface area contributed by atoms with Crippen LogP contribution in [0.3, 0.4) is 0 Å². The van der Waals surface area contributed by atoms with Crippen LogP contribution in [0, 0.1) is 0 Å². The summed E-state index contributed by atoms with van der Waals surface area (Å²) in [6, 6.07) is 20.2. The topological polar surface area (TPSA) is 40.2 Å². The minimum Gasteiger partial charge on any atom is -0.493 e. The molecule has 0 unspecified atom stereocenters. The van der Waals surface area contributed by atoms with Crippen LogP contribution in [-0.4, -0.2) is 16.2 Å². The van der Waals surface area contributed by atoms with E-state index in [-0.39, 0.29) is 0 Å². The van der Waals surface area contributed by atoms with Gasteiger partial charge in [0.15, 0.2) is 0 Å². The third-order valence-corrected chi connectivity index (χ3v) is 4.99. The van der Waals surface area contributed by atoms with Crippen molar-refractivity contribution in [1.82, 2.24) is 9.55 Å². The van der Waals surface area contributed by atoms with Crippen LogP contribution in [0.4, 0.5) is 0 Å². The van der Waals surface area contributed by atoms with Gasteiger partial charge in [-0.05, 0) is 67.3 Å². The Morgan fingerprint density at radius 2 is 1.83 bits per heavy atom. The molecule has 2 aromatic heterocycles. The molecule has 0 aliphatic carbocycles. The average molecular weight is 399 g/mol. The van der Waals surface area contributed by atoms with Crippen molar-refractivity contribution in [2.24, 2.45) is 0 Å². The number of ether oxygens (including phenoxy) is 1. The molecule has 152 valence electrons. The van der Waals surface area contributed by atoms with E-state index in [1.165, 1.54) is 5.56 Å². The summed E-state index contributed by atoms with van der Waals surface area (Å²) in [6.07, 6.45) is 10.3. The zero-order valence-corrected chi connectivity index (χ0v) is 17.0. The number of imidazole rings is 1. The van der Waals surface area contributed by atoms with Gasteiger partial charge in [-0.3, -0.25) is 0 Å². The van der Waals surface area contributed by atoms with Crippen LogP contribution in [0.2, 0.25) is 0 Å². The van der Waals surface area contributed by atoms with Crippen LogP contribution in [0.5, 0.6) is 5.75 Å². The summed E-state index contributed by atoms with van der Waals surface area (Å²) in [7, 11) is 0. The van der Waals surface area contributed by atoms with Gasteiger partial charge in [0.25, 0.3) is 0 Å². The van der Waals surface area contributed by atoms with Crippen LogP contribution in [0.1, 0.15) is 30.0 Å². The number of nitrogens with zero attached hydrogens (tertiary/aromatic N) is 2. The van der Waals surface area contributed by atoms with Crippen LogP contribution in [0.25, 0.3) is 23.2 Å². The van der Waals surface area contributed by atoms with E-state index in [0.29, 0.717) is 6.61 Å². The molecule has 0 spiro atoms. The number of para-hydroxylation sites is 3. The Morgan fingerprint density at radius 3 is 2.70 bits per heavy atom. The van der Waals surface area contributed by atoms with Gasteiger partial charge in [0, 0.05) is 6.54 Å². The molecule has 0 radical (unpaired) electrons. The molecule has 4 heteroatoms. The van der Waals surface area contributed by atoms with Gasteiger partial charge >= 0.3 is 0 Å². The zero-order chi connectivity index (χ0) is 20.6. The molecule has 2 aromatic carbocycles. The smallest absolute Gasteiger partial charge is 0.133 e. The van der Waals surface area contributed by atoms with Gasteiger partial charge in [0.1, 0.15) is 17.3 Å². The first-order valence-electron chi connectivity index (χ1n) is 10.3. The Bertz CT molecular complexity index is 1120. The highest BCUT2D eigenvalue weighted by molar-refractivity contribution is 5.79. The van der Waals surface area contributed by atoms with Crippen LogP contribution in [0.15, 0.2) is 84.0 Å². The molecule has 0 amide bonds. The first-order valence-corrected chi connectivity index (χ1v) is 10.3. The van der Waals surface area contributed by atoms with Crippen LogP contribution >= 0.6 is 0 Å². The number of fused-ring (bicyclic) bond motifs is 1. The van der Waals surface area contributed by atoms with Crippen molar-refractivity contribution in [1.29, 1.82) is 0 Å². The van der Waals surface area contributed by atoms with E-state index in [9.17, 15) is 0 Å². The van der Waals surface area contributed by atoms with Gasteiger partial charge < -0.3 is 13.7 Å². The Kier molecular flexibility index (Phi) is 6.45. The van der Waals surface area contributed by atoms with Crippen molar-refractivity contribution in [2.45, 2.75) is 25.8 Å². The summed E-state index contributed by atoms with van der Waals surface area (Å²) < 4.78 is 13.7. The highest BCUT2D eigenvalue weighted by Crippen LogP contribution is 2.21. The number of furan rings is 1. The summed E-state index contributed by atoms with van der Waals surface area (Å²) in [4.78, 5) is 4.78. The molecule has 0 atom stereocenters. The molecule has 2 heterocycles. The molecule has 0 N–H and O–H groups in total. The highest BCUT2D eigenvalue weighted by Gasteiger charge is 2.08. The minimum atomic E-state index is 0.693. The van der Waals surface area contributed by atoms with Gasteiger partial charge in [-0.1, -0.05) is 36.4 Å². The lowest BCUT2D eigenvalue weighted by Gasteiger charge is -2.11. The number of hydrogen-bond donors (Lipinski definition) is 0. The maximum Gasteiger partial charge on any atom is 0.133 e. The molecule has 4 rings (SSSR count). The van der Waals surface area contributed by atoms with Crippen molar-refractivity contribution in [3.05, 3.63) is 96.7 Å². The quantitative estimate of drug-likeness (QED) is 0.230. The highest BCUT2D eigenvalue weighted by atomic mass is 16.5. The van der Waals surface area contributed by atoms with Crippen molar-refractivity contribution in [3.8, 4) is 5.75 Å². The number of aryl methyl sites for hydroxylation is 1. The number of aromatic nitrogens is 2. The van der Waals surface area contributed by atoms with Gasteiger partial charge in [-0.2, -0.15) is 0 Å². The van der Waals surface area contributed by atoms with Crippen molar-refractivity contribution in [3.63, 3.8) is 0 Å². The number of benzene rings is 2. The molecule has 0 aliphatic rings. The molecule has 30 heavy (non-hydrogen) atoms. The van der Waals surface area contributed by atoms with Crippen molar-refractivity contribution < 1.29 is 9.15 Å². The van der Waals surface area contributed by atoms with E-state index in [0.717, 1.165) is 54.2 Å². The molecule has 0 saturated heterocycles. The lowest BCUT2D eigenvalue weighted by molar-refractivity contribution is 0.301. The van der Waals surface area contributed by atoms with E-state index in [1.54, 1.807) is 6.26 Å². The Hall–Kier alpha value is -3.53. The van der Waals surface area contributed by atoms with Crippen molar-refractivity contribution >= 4 is 23.2 Å². The third-order valence-electron chi connectivity index (χ3n) is 4.99. The summed E-state index contributed by atoms with van der Waals surface area (Å²) in [5, 5.41) is 0. The normalized spacial score (nSPS) is 11.3. The summed E-state index contributed by atoms with van der Waals surface area (Å²) >= 11 is 0. The van der Waals surface area contributed by atoms with Gasteiger partial charge in [-0.15, -0.1) is 6.58 Å². The maximum atomic E-state index is 6.02. The lowest BCUT2D eigenvalue weighted by atomic mass is 10.1. The van der Waals surface area contributed by atoms with Gasteiger partial charge in [0.2, 0.25) is 0 Å². The first kappa shape index (κ1) is 19.8. The molecular weight excluding hydrogens is 372 g/mol. The molecule has 4 nitrogen and oxygen atoms in total. The monoisotopic (exact) mass is 398 g/mol. The van der Waals surface area contributed by atoms with Crippen LogP contribution in [-0.2, 0) is 13.0 Å².